The molecule has 0 radical (unpaired) electrons. The molecule has 4 heteroatoms. The number of carbonyl (C=O) groups excluding carboxylic acids is 2. The maximum atomic E-state index is 11.8. The van der Waals surface area contributed by atoms with E-state index in [-0.39, 0.29) is 31.1 Å². The molecule has 0 aromatic heterocycles. The highest BCUT2D eigenvalue weighted by molar-refractivity contribution is 5.76. The van der Waals surface area contributed by atoms with Gasteiger partial charge >= 0.3 is 11.9 Å². The second-order valence-electron chi connectivity index (χ2n) is 6.78. The summed E-state index contributed by atoms with van der Waals surface area (Å²) >= 11 is 0. The first-order valence-corrected chi connectivity index (χ1v) is 7.41. The van der Waals surface area contributed by atoms with E-state index in [0.29, 0.717) is 0 Å². The predicted molar refractivity (Wildman–Crippen MR) is 79.2 cm³/mol. The average molecular weight is 286 g/mol. The van der Waals surface area contributed by atoms with Crippen molar-refractivity contribution in [3.05, 3.63) is 0 Å². The second kappa shape index (κ2) is 7.65. The lowest BCUT2D eigenvalue weighted by Gasteiger charge is -2.23. The monoisotopic (exact) mass is 286 g/mol. The Balaban J connectivity index is 4.11. The Morgan fingerprint density at radius 1 is 0.850 bits per heavy atom. The van der Waals surface area contributed by atoms with E-state index >= 15 is 0 Å². The lowest BCUT2D eigenvalue weighted by Crippen LogP contribution is -2.30. The van der Waals surface area contributed by atoms with Crippen molar-refractivity contribution >= 4 is 11.9 Å². The van der Waals surface area contributed by atoms with Crippen LogP contribution >= 0.6 is 0 Å². The molecular formula is C16H30O4. The van der Waals surface area contributed by atoms with Crippen LogP contribution in [-0.4, -0.2) is 25.2 Å². The lowest BCUT2D eigenvalue weighted by molar-refractivity contribution is -0.159. The van der Waals surface area contributed by atoms with Crippen molar-refractivity contribution in [2.45, 2.75) is 61.3 Å². The van der Waals surface area contributed by atoms with E-state index in [2.05, 4.69) is 0 Å². The third kappa shape index (κ3) is 5.93. The van der Waals surface area contributed by atoms with Gasteiger partial charge in [-0.15, -0.1) is 0 Å². The Hall–Kier alpha value is -1.06. The van der Waals surface area contributed by atoms with Crippen LogP contribution in [0.4, 0.5) is 0 Å². The quantitative estimate of drug-likeness (QED) is 0.640. The lowest BCUT2D eigenvalue weighted by atomic mass is 9.90. The van der Waals surface area contributed by atoms with Gasteiger partial charge in [0.1, 0.15) is 0 Å². The normalized spacial score (nSPS) is 12.4. The minimum absolute atomic E-state index is 0.00297. The maximum absolute atomic E-state index is 11.8. The van der Waals surface area contributed by atoms with Crippen LogP contribution in [0, 0.1) is 16.7 Å². The Morgan fingerprint density at radius 2 is 1.15 bits per heavy atom. The van der Waals surface area contributed by atoms with Crippen molar-refractivity contribution < 1.29 is 19.1 Å². The first-order valence-electron chi connectivity index (χ1n) is 7.41. The third-order valence-corrected chi connectivity index (χ3v) is 3.87. The largest absolute Gasteiger partial charge is 0.465 e. The number of esters is 2. The van der Waals surface area contributed by atoms with Crippen LogP contribution in [0.25, 0.3) is 0 Å². The van der Waals surface area contributed by atoms with E-state index in [1.54, 1.807) is 0 Å². The molecule has 0 aromatic rings. The summed E-state index contributed by atoms with van der Waals surface area (Å²) in [6.45, 7) is 13.8. The van der Waals surface area contributed by atoms with Crippen LogP contribution in [0.5, 0.6) is 0 Å². The second-order valence-corrected chi connectivity index (χ2v) is 6.78. The van der Waals surface area contributed by atoms with Crippen molar-refractivity contribution in [3.8, 4) is 0 Å². The highest BCUT2D eigenvalue weighted by Gasteiger charge is 2.29. The minimum atomic E-state index is -0.458. The van der Waals surface area contributed by atoms with Gasteiger partial charge in [-0.05, 0) is 40.5 Å². The fourth-order valence-corrected chi connectivity index (χ4v) is 1.16. The number of carbonyl (C=O) groups is 2. The first kappa shape index (κ1) is 18.9. The molecule has 0 rings (SSSR count). The number of hydrogen-bond donors (Lipinski definition) is 0. The van der Waals surface area contributed by atoms with Gasteiger partial charge in [0.15, 0.2) is 0 Å². The fourth-order valence-electron chi connectivity index (χ4n) is 1.16. The highest BCUT2D eigenvalue weighted by Crippen LogP contribution is 2.23. The standard InChI is InChI=1S/C16H30O4/c1-8-15(4,5)13(17)19-10-12(3)11-20-14(18)16(6,7)9-2/h12H,8-11H2,1-7H3. The molecule has 0 saturated heterocycles. The zero-order valence-corrected chi connectivity index (χ0v) is 14.0. The summed E-state index contributed by atoms with van der Waals surface area (Å²) in [7, 11) is 0. The molecule has 0 aliphatic rings. The molecular weight excluding hydrogens is 256 g/mol. The molecule has 0 unspecified atom stereocenters. The maximum Gasteiger partial charge on any atom is 0.311 e. The molecule has 0 saturated carbocycles. The molecule has 0 fully saturated rings. The van der Waals surface area contributed by atoms with Crippen molar-refractivity contribution in [1.29, 1.82) is 0 Å². The summed E-state index contributed by atoms with van der Waals surface area (Å²) in [5.74, 6) is -0.401. The van der Waals surface area contributed by atoms with Gasteiger partial charge in [0.25, 0.3) is 0 Å². The van der Waals surface area contributed by atoms with E-state index in [9.17, 15) is 9.59 Å². The van der Waals surface area contributed by atoms with Gasteiger partial charge < -0.3 is 9.47 Å². The summed E-state index contributed by atoms with van der Waals surface area (Å²) in [6, 6.07) is 0. The third-order valence-electron chi connectivity index (χ3n) is 3.87. The first-order chi connectivity index (χ1) is 9.06. The van der Waals surface area contributed by atoms with Crippen LogP contribution in [0.1, 0.15) is 61.3 Å². The van der Waals surface area contributed by atoms with Crippen molar-refractivity contribution in [2.24, 2.45) is 16.7 Å². The summed E-state index contributed by atoms with van der Waals surface area (Å²) < 4.78 is 10.5. The van der Waals surface area contributed by atoms with Gasteiger partial charge in [0, 0.05) is 5.92 Å². The predicted octanol–water partition coefficient (Wildman–Crippen LogP) is 3.58. The van der Waals surface area contributed by atoms with Gasteiger partial charge in [-0.2, -0.15) is 0 Å². The Kier molecular flexibility index (Phi) is 7.25. The summed E-state index contributed by atoms with van der Waals surface area (Å²) in [5.41, 5.74) is -0.915. The molecule has 0 spiro atoms. The van der Waals surface area contributed by atoms with Crippen LogP contribution in [0.15, 0.2) is 0 Å². The smallest absolute Gasteiger partial charge is 0.311 e. The topological polar surface area (TPSA) is 52.6 Å². The van der Waals surface area contributed by atoms with Crippen LogP contribution in [0.3, 0.4) is 0 Å². The molecule has 0 amide bonds. The van der Waals surface area contributed by atoms with E-state index in [4.69, 9.17) is 9.47 Å². The Labute approximate surface area is 123 Å². The molecule has 20 heavy (non-hydrogen) atoms. The van der Waals surface area contributed by atoms with Crippen molar-refractivity contribution in [2.75, 3.05) is 13.2 Å². The highest BCUT2D eigenvalue weighted by atomic mass is 16.5. The van der Waals surface area contributed by atoms with E-state index in [1.807, 2.05) is 48.5 Å². The molecule has 0 bridgehead atoms. The fraction of sp³-hybridized carbons (Fsp3) is 0.875. The van der Waals surface area contributed by atoms with Gasteiger partial charge in [-0.1, -0.05) is 20.8 Å². The summed E-state index contributed by atoms with van der Waals surface area (Å²) in [6.07, 6.45) is 1.47. The minimum Gasteiger partial charge on any atom is -0.465 e. The van der Waals surface area contributed by atoms with E-state index in [0.717, 1.165) is 12.8 Å². The number of hydrogen-bond acceptors (Lipinski definition) is 4. The zero-order chi connectivity index (χ0) is 16.0. The molecule has 0 N–H and O–H groups in total. The van der Waals surface area contributed by atoms with E-state index < -0.39 is 10.8 Å². The summed E-state index contributed by atoms with van der Waals surface area (Å²) in [4.78, 5) is 23.6. The van der Waals surface area contributed by atoms with Gasteiger partial charge in [-0.25, -0.2) is 0 Å². The summed E-state index contributed by atoms with van der Waals surface area (Å²) in [5, 5.41) is 0. The van der Waals surface area contributed by atoms with Crippen molar-refractivity contribution in [1.82, 2.24) is 0 Å². The SMILES string of the molecule is CCC(C)(C)C(=O)OCC(C)COC(=O)C(C)(C)CC. The molecule has 0 atom stereocenters. The van der Waals surface area contributed by atoms with Crippen LogP contribution in [-0.2, 0) is 19.1 Å². The Bertz CT molecular complexity index is 299. The molecule has 0 aromatic carbocycles. The zero-order valence-electron chi connectivity index (χ0n) is 14.0. The van der Waals surface area contributed by atoms with Gasteiger partial charge in [-0.3, -0.25) is 9.59 Å². The molecule has 118 valence electrons. The molecule has 0 heterocycles. The van der Waals surface area contributed by atoms with Gasteiger partial charge in [0.2, 0.25) is 0 Å². The van der Waals surface area contributed by atoms with Crippen molar-refractivity contribution in [3.63, 3.8) is 0 Å². The molecule has 0 aliphatic carbocycles. The van der Waals surface area contributed by atoms with Gasteiger partial charge in [0.05, 0.1) is 24.0 Å². The molecule has 4 nitrogen and oxygen atoms in total. The number of ether oxygens (including phenoxy) is 2. The van der Waals surface area contributed by atoms with Crippen LogP contribution in [0.2, 0.25) is 0 Å². The van der Waals surface area contributed by atoms with E-state index in [1.165, 1.54) is 0 Å². The number of rotatable bonds is 8. The van der Waals surface area contributed by atoms with Crippen LogP contribution < -0.4 is 0 Å². The Morgan fingerprint density at radius 3 is 1.40 bits per heavy atom. The average Bonchev–Trinajstić information content (AvgIpc) is 2.41. The molecule has 0 aliphatic heterocycles.